The Balaban J connectivity index is 1.82. The summed E-state index contributed by atoms with van der Waals surface area (Å²) in [5, 5.41) is 0.416. The highest BCUT2D eigenvalue weighted by Crippen LogP contribution is 2.28. The van der Waals surface area contributed by atoms with Crippen LogP contribution in [0.25, 0.3) is 0 Å². The van der Waals surface area contributed by atoms with Crippen molar-refractivity contribution < 1.29 is 9.53 Å². The minimum Gasteiger partial charge on any atom is -0.399 e. The molecule has 2 aliphatic heterocycles. The molecule has 2 heterocycles. The van der Waals surface area contributed by atoms with Gasteiger partial charge in [0.2, 0.25) is 0 Å². The molecule has 1 aromatic rings. The molecule has 5 heteroatoms. The van der Waals surface area contributed by atoms with E-state index in [-0.39, 0.29) is 18.1 Å². The van der Waals surface area contributed by atoms with Gasteiger partial charge in [0.1, 0.15) is 0 Å². The number of hydrogen-bond donors (Lipinski definition) is 1. The molecule has 2 bridgehead atoms. The van der Waals surface area contributed by atoms with Gasteiger partial charge in [-0.05, 0) is 31.0 Å². The third-order valence-electron chi connectivity index (χ3n) is 3.55. The van der Waals surface area contributed by atoms with Gasteiger partial charge in [0.05, 0.1) is 22.8 Å². The molecule has 2 atom stereocenters. The van der Waals surface area contributed by atoms with Crippen LogP contribution in [0, 0.1) is 0 Å². The molecular formula is C13H15ClN2O2. The number of morpholine rings is 1. The van der Waals surface area contributed by atoms with Crippen molar-refractivity contribution >= 4 is 23.2 Å². The number of benzene rings is 1. The summed E-state index contributed by atoms with van der Waals surface area (Å²) in [5.41, 5.74) is 6.72. The molecular weight excluding hydrogens is 252 g/mol. The van der Waals surface area contributed by atoms with Crippen LogP contribution in [0.4, 0.5) is 5.69 Å². The van der Waals surface area contributed by atoms with E-state index in [2.05, 4.69) is 0 Å². The van der Waals surface area contributed by atoms with Gasteiger partial charge in [0.15, 0.2) is 0 Å². The zero-order chi connectivity index (χ0) is 12.7. The lowest BCUT2D eigenvalue weighted by atomic mass is 10.1. The van der Waals surface area contributed by atoms with Gasteiger partial charge in [-0.15, -0.1) is 0 Å². The van der Waals surface area contributed by atoms with Gasteiger partial charge in [-0.1, -0.05) is 11.6 Å². The van der Waals surface area contributed by atoms with E-state index < -0.39 is 0 Å². The normalized spacial score (nSPS) is 26.4. The fourth-order valence-electron chi connectivity index (χ4n) is 2.66. The van der Waals surface area contributed by atoms with Crippen molar-refractivity contribution in [3.63, 3.8) is 0 Å². The number of nitrogens with two attached hydrogens (primary N) is 1. The average molecular weight is 267 g/mol. The van der Waals surface area contributed by atoms with Crippen molar-refractivity contribution in [2.75, 3.05) is 18.8 Å². The monoisotopic (exact) mass is 266 g/mol. The second-order valence-electron chi connectivity index (χ2n) is 4.91. The van der Waals surface area contributed by atoms with Gasteiger partial charge >= 0.3 is 0 Å². The summed E-state index contributed by atoms with van der Waals surface area (Å²) in [6, 6.07) is 5.01. The summed E-state index contributed by atoms with van der Waals surface area (Å²) in [5.74, 6) is -0.0276. The lowest BCUT2D eigenvalue weighted by Gasteiger charge is -2.32. The van der Waals surface area contributed by atoms with E-state index in [4.69, 9.17) is 22.1 Å². The van der Waals surface area contributed by atoms with Crippen molar-refractivity contribution in [3.05, 3.63) is 28.8 Å². The number of hydrogen-bond acceptors (Lipinski definition) is 3. The van der Waals surface area contributed by atoms with Crippen molar-refractivity contribution in [1.29, 1.82) is 0 Å². The molecule has 3 rings (SSSR count). The maximum absolute atomic E-state index is 12.4. The van der Waals surface area contributed by atoms with Gasteiger partial charge in [-0.3, -0.25) is 4.79 Å². The molecule has 2 unspecified atom stereocenters. The predicted molar refractivity (Wildman–Crippen MR) is 69.7 cm³/mol. The molecule has 0 saturated carbocycles. The summed E-state index contributed by atoms with van der Waals surface area (Å²) in [4.78, 5) is 14.2. The van der Waals surface area contributed by atoms with Crippen molar-refractivity contribution in [3.8, 4) is 0 Å². The van der Waals surface area contributed by atoms with Crippen molar-refractivity contribution in [2.24, 2.45) is 0 Å². The highest BCUT2D eigenvalue weighted by Gasteiger charge is 2.36. The van der Waals surface area contributed by atoms with Crippen LogP contribution in [0.3, 0.4) is 0 Å². The van der Waals surface area contributed by atoms with E-state index in [9.17, 15) is 4.79 Å². The maximum atomic E-state index is 12.4. The summed E-state index contributed by atoms with van der Waals surface area (Å²) in [6.45, 7) is 1.33. The van der Waals surface area contributed by atoms with E-state index in [1.54, 1.807) is 18.2 Å². The molecule has 0 aliphatic carbocycles. The molecule has 0 spiro atoms. The van der Waals surface area contributed by atoms with Crippen molar-refractivity contribution in [1.82, 2.24) is 4.90 Å². The van der Waals surface area contributed by atoms with Crippen LogP contribution in [0.15, 0.2) is 18.2 Å². The average Bonchev–Trinajstić information content (AvgIpc) is 2.67. The fourth-order valence-corrected chi connectivity index (χ4v) is 2.93. The molecule has 0 aromatic heterocycles. The number of nitrogen functional groups attached to an aromatic ring is 1. The fraction of sp³-hybridized carbons (Fsp3) is 0.462. The second-order valence-corrected chi connectivity index (χ2v) is 5.31. The quantitative estimate of drug-likeness (QED) is 0.790. The molecule has 96 valence electrons. The van der Waals surface area contributed by atoms with Crippen LogP contribution in [0.2, 0.25) is 5.02 Å². The minimum absolute atomic E-state index is 0.0276. The number of rotatable bonds is 1. The molecule has 4 nitrogen and oxygen atoms in total. The minimum atomic E-state index is -0.0276. The number of carbonyl (C=O) groups is 1. The maximum Gasteiger partial charge on any atom is 0.255 e. The second kappa shape index (κ2) is 4.44. The predicted octanol–water partition coefficient (Wildman–Crippen LogP) is 1.93. The van der Waals surface area contributed by atoms with E-state index in [1.165, 1.54) is 0 Å². The van der Waals surface area contributed by atoms with Gasteiger partial charge < -0.3 is 15.4 Å². The first-order chi connectivity index (χ1) is 8.63. The Morgan fingerprint density at radius 3 is 2.61 bits per heavy atom. The number of likely N-dealkylation sites (tertiary alicyclic amines) is 1. The number of halogens is 1. The molecule has 2 saturated heterocycles. The number of fused-ring (bicyclic) bond motifs is 2. The Labute approximate surface area is 111 Å². The van der Waals surface area contributed by atoms with Crippen LogP contribution in [-0.4, -0.2) is 36.1 Å². The highest BCUT2D eigenvalue weighted by atomic mass is 35.5. The summed E-state index contributed by atoms with van der Waals surface area (Å²) < 4.78 is 5.72. The Hall–Kier alpha value is -1.26. The molecule has 1 aromatic carbocycles. The number of amides is 1. The van der Waals surface area contributed by atoms with E-state index in [0.717, 1.165) is 12.8 Å². The molecule has 2 aliphatic rings. The van der Waals surface area contributed by atoms with Crippen LogP contribution in [0.5, 0.6) is 0 Å². The largest absolute Gasteiger partial charge is 0.399 e. The van der Waals surface area contributed by atoms with Crippen LogP contribution in [-0.2, 0) is 4.74 Å². The third kappa shape index (κ3) is 2.06. The number of carbonyl (C=O) groups excluding carboxylic acids is 1. The Kier molecular flexibility index (Phi) is 2.92. The Morgan fingerprint density at radius 1 is 1.33 bits per heavy atom. The molecule has 0 radical (unpaired) electrons. The number of nitrogens with zero attached hydrogens (tertiary/aromatic N) is 1. The molecule has 2 N–H and O–H groups in total. The van der Waals surface area contributed by atoms with E-state index in [0.29, 0.717) is 29.4 Å². The third-order valence-corrected chi connectivity index (χ3v) is 3.87. The smallest absolute Gasteiger partial charge is 0.255 e. The van der Waals surface area contributed by atoms with Crippen molar-refractivity contribution in [2.45, 2.75) is 25.0 Å². The topological polar surface area (TPSA) is 55.6 Å². The molecule has 18 heavy (non-hydrogen) atoms. The van der Waals surface area contributed by atoms with Crippen LogP contribution >= 0.6 is 11.6 Å². The van der Waals surface area contributed by atoms with Crippen LogP contribution in [0.1, 0.15) is 23.2 Å². The lowest BCUT2D eigenvalue weighted by molar-refractivity contribution is -0.0303. The lowest BCUT2D eigenvalue weighted by Crippen LogP contribution is -2.45. The number of anilines is 1. The molecule has 1 amide bonds. The standard InChI is InChI=1S/C13H15ClN2O2/c14-12-5-8(15)1-4-11(12)13(17)16-6-9-2-3-10(7-16)18-9/h1,4-5,9-10H,2-3,6-7,15H2. The first kappa shape index (κ1) is 11.8. The first-order valence-corrected chi connectivity index (χ1v) is 6.51. The molecule has 2 fully saturated rings. The Bertz CT molecular complexity index is 480. The summed E-state index contributed by atoms with van der Waals surface area (Å²) >= 11 is 6.07. The van der Waals surface area contributed by atoms with E-state index in [1.807, 2.05) is 4.90 Å². The van der Waals surface area contributed by atoms with E-state index >= 15 is 0 Å². The summed E-state index contributed by atoms with van der Waals surface area (Å²) in [6.07, 6.45) is 2.48. The van der Waals surface area contributed by atoms with Gasteiger partial charge in [0, 0.05) is 18.8 Å². The zero-order valence-electron chi connectivity index (χ0n) is 9.93. The van der Waals surface area contributed by atoms with Gasteiger partial charge in [-0.2, -0.15) is 0 Å². The van der Waals surface area contributed by atoms with Gasteiger partial charge in [0.25, 0.3) is 5.91 Å². The van der Waals surface area contributed by atoms with Crippen LogP contribution < -0.4 is 5.73 Å². The summed E-state index contributed by atoms with van der Waals surface area (Å²) in [7, 11) is 0. The number of ether oxygens (including phenoxy) is 1. The SMILES string of the molecule is Nc1ccc(C(=O)N2CC3CCC(C2)O3)c(Cl)c1. The highest BCUT2D eigenvalue weighted by molar-refractivity contribution is 6.34. The zero-order valence-corrected chi connectivity index (χ0v) is 10.7. The Morgan fingerprint density at radius 2 is 2.00 bits per heavy atom. The van der Waals surface area contributed by atoms with Gasteiger partial charge in [-0.25, -0.2) is 0 Å². The first-order valence-electron chi connectivity index (χ1n) is 6.13.